The maximum Gasteiger partial charge on any atom is 0.272 e. The molecule has 0 unspecified atom stereocenters. The van der Waals surface area contributed by atoms with Crippen molar-refractivity contribution in [2.24, 2.45) is 5.10 Å². The lowest BCUT2D eigenvalue weighted by molar-refractivity contribution is 0.0956. The van der Waals surface area contributed by atoms with E-state index in [0.717, 1.165) is 49.8 Å². The molecular weight excluding hydrogens is 480 g/mol. The van der Waals surface area contributed by atoms with Gasteiger partial charge in [-0.2, -0.15) is 5.10 Å². The predicted octanol–water partition coefficient (Wildman–Crippen LogP) is 6.83. The van der Waals surface area contributed by atoms with Gasteiger partial charge >= 0.3 is 0 Å². The Bertz CT molecular complexity index is 1740. The summed E-state index contributed by atoms with van der Waals surface area (Å²) in [5.41, 5.74) is 10.7. The summed E-state index contributed by atoms with van der Waals surface area (Å²) in [5, 5.41) is 6.80. The van der Waals surface area contributed by atoms with Crippen LogP contribution in [-0.4, -0.2) is 21.7 Å². The molecule has 5 aromatic rings. The van der Waals surface area contributed by atoms with Crippen molar-refractivity contribution in [1.29, 1.82) is 0 Å². The Morgan fingerprint density at radius 1 is 1.08 bits per heavy atom. The number of carbonyl (C=O) groups excluding carboxylic acids is 1. The number of nitrogens with zero attached hydrogens (tertiary/aromatic N) is 3. The van der Waals surface area contributed by atoms with E-state index in [1.54, 1.807) is 12.3 Å². The minimum atomic E-state index is -0.314. The van der Waals surface area contributed by atoms with Crippen LogP contribution in [0.4, 0.5) is 0 Å². The lowest BCUT2D eigenvalue weighted by Gasteiger charge is -2.10. The highest BCUT2D eigenvalue weighted by molar-refractivity contribution is 6.30. The van der Waals surface area contributed by atoms with Crippen LogP contribution in [0.1, 0.15) is 32.7 Å². The summed E-state index contributed by atoms with van der Waals surface area (Å²) in [6.45, 7) is 6.52. The number of fused-ring (bicyclic) bond motifs is 2. The summed E-state index contributed by atoms with van der Waals surface area (Å²) < 4.78 is 2.10. The second-order valence-electron chi connectivity index (χ2n) is 9.04. The van der Waals surface area contributed by atoms with Gasteiger partial charge in [0.05, 0.1) is 35.1 Å². The highest BCUT2D eigenvalue weighted by Crippen LogP contribution is 2.28. The van der Waals surface area contributed by atoms with Crippen LogP contribution in [0.3, 0.4) is 0 Å². The Morgan fingerprint density at radius 2 is 1.86 bits per heavy atom. The Morgan fingerprint density at radius 3 is 2.62 bits per heavy atom. The van der Waals surface area contributed by atoms with Crippen molar-refractivity contribution in [3.63, 3.8) is 0 Å². The largest absolute Gasteiger partial charge is 0.332 e. The number of carbonyl (C=O) groups is 1. The molecule has 5 rings (SSSR count). The lowest BCUT2D eigenvalue weighted by Crippen LogP contribution is -2.18. The third-order valence-electron chi connectivity index (χ3n) is 6.55. The van der Waals surface area contributed by atoms with Gasteiger partial charge in [0.1, 0.15) is 0 Å². The molecule has 0 radical (unpaired) electrons. The van der Waals surface area contributed by atoms with Crippen LogP contribution < -0.4 is 5.43 Å². The van der Waals surface area contributed by atoms with Gasteiger partial charge in [-0.1, -0.05) is 59.5 Å². The standard InChI is InChI=1S/C31H25ClN4O/c1-5-15-36-21(4)27(24-8-6-7-20(3)30(24)36)18-33-35-31(37)26-17-29(22-10-12-23(32)13-11-22)34-28-14-9-19(2)16-25(26)28/h1,6-14,16-18H,15H2,2-4H3,(H,35,37)/b33-18+. The van der Waals surface area contributed by atoms with Gasteiger partial charge in [-0.25, -0.2) is 10.4 Å². The van der Waals surface area contributed by atoms with Crippen molar-refractivity contribution in [3.8, 4) is 23.6 Å². The number of nitrogens with one attached hydrogen (secondary N) is 1. The molecular formula is C31H25ClN4O. The third-order valence-corrected chi connectivity index (χ3v) is 6.80. The second-order valence-corrected chi connectivity index (χ2v) is 9.48. The molecule has 0 spiro atoms. The number of para-hydroxylation sites is 1. The van der Waals surface area contributed by atoms with Crippen LogP contribution in [0, 0.1) is 33.1 Å². The molecule has 0 aliphatic carbocycles. The molecule has 6 heteroatoms. The number of halogens is 1. The third kappa shape index (κ3) is 4.60. The molecule has 0 aliphatic heterocycles. The van der Waals surface area contributed by atoms with Crippen molar-refractivity contribution in [2.45, 2.75) is 27.3 Å². The maximum absolute atomic E-state index is 13.4. The van der Waals surface area contributed by atoms with Crippen LogP contribution >= 0.6 is 11.6 Å². The van der Waals surface area contributed by atoms with Crippen LogP contribution in [0.2, 0.25) is 5.02 Å². The molecule has 0 atom stereocenters. The molecule has 0 aliphatic rings. The fourth-order valence-corrected chi connectivity index (χ4v) is 4.83. The van der Waals surface area contributed by atoms with E-state index in [4.69, 9.17) is 23.0 Å². The van der Waals surface area contributed by atoms with Crippen LogP contribution in [0.5, 0.6) is 0 Å². The van der Waals surface area contributed by atoms with Crippen LogP contribution in [0.15, 0.2) is 71.8 Å². The Balaban J connectivity index is 1.53. The van der Waals surface area contributed by atoms with Gasteiger partial charge in [0.15, 0.2) is 0 Å². The first-order valence-corrected chi connectivity index (χ1v) is 12.3. The molecule has 0 bridgehead atoms. The Labute approximate surface area is 220 Å². The van der Waals surface area contributed by atoms with Gasteiger partial charge in [0.25, 0.3) is 5.91 Å². The minimum absolute atomic E-state index is 0.314. The van der Waals surface area contributed by atoms with Crippen molar-refractivity contribution in [3.05, 3.63) is 99.7 Å². The van der Waals surface area contributed by atoms with Crippen LogP contribution in [0.25, 0.3) is 33.1 Å². The fourth-order valence-electron chi connectivity index (χ4n) is 4.71. The molecule has 5 nitrogen and oxygen atoms in total. The molecule has 2 heterocycles. The van der Waals surface area contributed by atoms with Crippen molar-refractivity contribution in [2.75, 3.05) is 0 Å². The number of rotatable bonds is 5. The van der Waals surface area contributed by atoms with E-state index in [1.165, 1.54) is 0 Å². The molecule has 37 heavy (non-hydrogen) atoms. The zero-order chi connectivity index (χ0) is 26.1. The van der Waals surface area contributed by atoms with Gasteiger partial charge in [0, 0.05) is 32.6 Å². The Hall–Kier alpha value is -4.40. The van der Waals surface area contributed by atoms with Gasteiger partial charge < -0.3 is 4.57 Å². The summed E-state index contributed by atoms with van der Waals surface area (Å²) in [6.07, 6.45) is 7.32. The van der Waals surface area contributed by atoms with Crippen LogP contribution in [-0.2, 0) is 6.54 Å². The zero-order valence-corrected chi connectivity index (χ0v) is 21.6. The van der Waals surface area contributed by atoms with Gasteiger partial charge in [-0.15, -0.1) is 6.42 Å². The first kappa shape index (κ1) is 24.3. The monoisotopic (exact) mass is 504 g/mol. The molecule has 1 amide bonds. The number of amides is 1. The molecule has 3 aromatic carbocycles. The van der Waals surface area contributed by atoms with Crippen molar-refractivity contribution in [1.82, 2.24) is 15.0 Å². The summed E-state index contributed by atoms with van der Waals surface area (Å²) in [5.74, 6) is 2.42. The number of hydrogen-bond acceptors (Lipinski definition) is 3. The number of aromatic nitrogens is 2. The van der Waals surface area contributed by atoms with E-state index in [0.29, 0.717) is 22.8 Å². The molecule has 0 saturated heterocycles. The summed E-state index contributed by atoms with van der Waals surface area (Å²) in [7, 11) is 0. The quantitative estimate of drug-likeness (QED) is 0.162. The van der Waals surface area contributed by atoms with E-state index in [1.807, 2.05) is 68.4 Å². The Kier molecular flexibility index (Phi) is 6.52. The maximum atomic E-state index is 13.4. The number of terminal acetylenes is 1. The number of pyridine rings is 1. The first-order valence-electron chi connectivity index (χ1n) is 11.9. The summed E-state index contributed by atoms with van der Waals surface area (Å²) >= 11 is 6.06. The van der Waals surface area contributed by atoms with Gasteiger partial charge in [0.2, 0.25) is 0 Å². The molecule has 182 valence electrons. The highest BCUT2D eigenvalue weighted by atomic mass is 35.5. The smallest absolute Gasteiger partial charge is 0.272 e. The SMILES string of the molecule is C#CCn1c(C)c(/C=N/NC(=O)c2cc(-c3ccc(Cl)cc3)nc3ccc(C)cc23)c2cccc(C)c21. The lowest BCUT2D eigenvalue weighted by atomic mass is 10.0. The summed E-state index contributed by atoms with van der Waals surface area (Å²) in [4.78, 5) is 18.2. The topological polar surface area (TPSA) is 59.3 Å². The van der Waals surface area contributed by atoms with E-state index < -0.39 is 0 Å². The number of benzene rings is 3. The first-order chi connectivity index (χ1) is 17.9. The number of aryl methyl sites for hydroxylation is 2. The van der Waals surface area contributed by atoms with E-state index in [2.05, 4.69) is 34.0 Å². The normalized spacial score (nSPS) is 11.3. The van der Waals surface area contributed by atoms with E-state index >= 15 is 0 Å². The molecule has 2 aromatic heterocycles. The van der Waals surface area contributed by atoms with E-state index in [9.17, 15) is 4.79 Å². The molecule has 1 N–H and O–H groups in total. The summed E-state index contributed by atoms with van der Waals surface area (Å²) in [6, 6.07) is 21.2. The predicted molar refractivity (Wildman–Crippen MR) is 152 cm³/mol. The van der Waals surface area contributed by atoms with E-state index in [-0.39, 0.29) is 5.91 Å². The molecule has 0 fully saturated rings. The molecule has 0 saturated carbocycles. The average Bonchev–Trinajstić information content (AvgIpc) is 3.16. The second kappa shape index (κ2) is 9.93. The fraction of sp³-hybridized carbons (Fsp3) is 0.129. The van der Waals surface area contributed by atoms with Crippen molar-refractivity contribution >= 4 is 45.5 Å². The highest BCUT2D eigenvalue weighted by Gasteiger charge is 2.16. The van der Waals surface area contributed by atoms with Gasteiger partial charge in [-0.3, -0.25) is 4.79 Å². The number of hydrazone groups is 1. The van der Waals surface area contributed by atoms with Crippen molar-refractivity contribution < 1.29 is 4.79 Å². The van der Waals surface area contributed by atoms with Gasteiger partial charge in [-0.05, 0) is 56.7 Å². The zero-order valence-electron chi connectivity index (χ0n) is 20.8. The minimum Gasteiger partial charge on any atom is -0.332 e. The number of hydrogen-bond donors (Lipinski definition) is 1. The average molecular weight is 505 g/mol.